The number of nitrogens with zero attached hydrogens (tertiary/aromatic N) is 1. The first-order valence-electron chi connectivity index (χ1n) is 7.38. The van der Waals surface area contributed by atoms with Gasteiger partial charge in [0.25, 0.3) is 0 Å². The Morgan fingerprint density at radius 2 is 2.00 bits per heavy atom. The number of aromatic nitrogens is 1. The maximum Gasteiger partial charge on any atom is 0.0975 e. The lowest BCUT2D eigenvalue weighted by atomic mass is 9.98. The zero-order chi connectivity index (χ0) is 14.1. The van der Waals surface area contributed by atoms with E-state index in [2.05, 4.69) is 37.4 Å². The van der Waals surface area contributed by atoms with Gasteiger partial charge in [0, 0.05) is 11.3 Å². The molecule has 1 heterocycles. The van der Waals surface area contributed by atoms with Gasteiger partial charge in [0.1, 0.15) is 0 Å². The second-order valence-corrected chi connectivity index (χ2v) is 6.99. The Morgan fingerprint density at radius 3 is 2.70 bits per heavy atom. The third-order valence-corrected chi connectivity index (χ3v) is 5.11. The quantitative estimate of drug-likeness (QED) is 0.924. The maximum absolute atomic E-state index is 4.91. The minimum absolute atomic E-state index is 0.461. The number of thiazole rings is 1. The van der Waals surface area contributed by atoms with Crippen LogP contribution in [0.25, 0.3) is 0 Å². The molecular weight excluding hydrogens is 264 g/mol. The molecule has 0 saturated carbocycles. The van der Waals surface area contributed by atoms with E-state index in [4.69, 9.17) is 4.98 Å². The summed E-state index contributed by atoms with van der Waals surface area (Å²) in [6.45, 7) is 4.33. The van der Waals surface area contributed by atoms with Gasteiger partial charge in [0.15, 0.2) is 0 Å². The Balaban J connectivity index is 1.86. The highest BCUT2D eigenvalue weighted by Crippen LogP contribution is 2.33. The number of aryl methyl sites for hydroxylation is 3. The number of benzene rings is 1. The summed E-state index contributed by atoms with van der Waals surface area (Å²) < 4.78 is 0. The molecule has 0 saturated heterocycles. The van der Waals surface area contributed by atoms with Crippen molar-refractivity contribution < 1.29 is 0 Å². The van der Waals surface area contributed by atoms with Crippen LogP contribution >= 0.6 is 11.3 Å². The van der Waals surface area contributed by atoms with Crippen molar-refractivity contribution in [2.45, 2.75) is 45.6 Å². The normalized spacial score (nSPS) is 18.1. The van der Waals surface area contributed by atoms with Gasteiger partial charge < -0.3 is 5.32 Å². The molecule has 106 valence electrons. The van der Waals surface area contributed by atoms with E-state index in [0.717, 1.165) is 6.42 Å². The monoisotopic (exact) mass is 286 g/mol. The predicted molar refractivity (Wildman–Crippen MR) is 85.6 cm³/mol. The van der Waals surface area contributed by atoms with Crippen LogP contribution in [0.1, 0.15) is 51.2 Å². The van der Waals surface area contributed by atoms with Gasteiger partial charge in [-0.2, -0.15) is 0 Å². The minimum Gasteiger partial charge on any atom is -0.312 e. The lowest BCUT2D eigenvalue weighted by Gasteiger charge is -2.19. The molecule has 0 radical (unpaired) electrons. The zero-order valence-corrected chi connectivity index (χ0v) is 13.3. The molecule has 20 heavy (non-hydrogen) atoms. The molecule has 0 aliphatic heterocycles. The fraction of sp³-hybridized carbons (Fsp3) is 0.471. The Morgan fingerprint density at radius 1 is 1.25 bits per heavy atom. The summed E-state index contributed by atoms with van der Waals surface area (Å²) in [6.07, 6.45) is 4.68. The van der Waals surface area contributed by atoms with Crippen molar-refractivity contribution in [3.63, 3.8) is 0 Å². The van der Waals surface area contributed by atoms with Crippen LogP contribution in [0.2, 0.25) is 0 Å². The molecule has 3 heteroatoms. The molecule has 2 nitrogen and oxygen atoms in total. The number of nitrogens with one attached hydrogen (secondary N) is 1. The SMILES string of the molecule is CNC1CCCc2sc(Cc3cc(C)cc(C)c3)nc21. The zero-order valence-electron chi connectivity index (χ0n) is 12.5. The van der Waals surface area contributed by atoms with Crippen LogP contribution in [0.5, 0.6) is 0 Å². The Kier molecular flexibility index (Phi) is 3.90. The molecule has 1 atom stereocenters. The first-order chi connectivity index (χ1) is 9.65. The second-order valence-electron chi connectivity index (χ2n) is 5.82. The molecule has 0 amide bonds. The van der Waals surface area contributed by atoms with E-state index in [1.807, 2.05) is 18.4 Å². The van der Waals surface area contributed by atoms with Crippen molar-refractivity contribution >= 4 is 11.3 Å². The van der Waals surface area contributed by atoms with E-state index >= 15 is 0 Å². The van der Waals surface area contributed by atoms with Crippen molar-refractivity contribution in [2.24, 2.45) is 0 Å². The van der Waals surface area contributed by atoms with E-state index < -0.39 is 0 Å². The summed E-state index contributed by atoms with van der Waals surface area (Å²) in [4.78, 5) is 6.41. The third kappa shape index (κ3) is 2.79. The molecule has 1 unspecified atom stereocenters. The van der Waals surface area contributed by atoms with Crippen molar-refractivity contribution in [2.75, 3.05) is 7.05 Å². The summed E-state index contributed by atoms with van der Waals surface area (Å²) >= 11 is 1.91. The number of fused-ring (bicyclic) bond motifs is 1. The highest BCUT2D eigenvalue weighted by atomic mass is 32.1. The van der Waals surface area contributed by atoms with Gasteiger partial charge in [-0.25, -0.2) is 4.98 Å². The van der Waals surface area contributed by atoms with Crippen LogP contribution in [0.15, 0.2) is 18.2 Å². The van der Waals surface area contributed by atoms with Crippen LogP contribution in [0.4, 0.5) is 0 Å². The van der Waals surface area contributed by atoms with E-state index in [1.54, 1.807) is 0 Å². The van der Waals surface area contributed by atoms with Crippen molar-refractivity contribution in [1.29, 1.82) is 0 Å². The summed E-state index contributed by atoms with van der Waals surface area (Å²) in [5.41, 5.74) is 5.38. The number of hydrogen-bond donors (Lipinski definition) is 1. The first-order valence-corrected chi connectivity index (χ1v) is 8.20. The van der Waals surface area contributed by atoms with Gasteiger partial charge in [-0.1, -0.05) is 29.3 Å². The summed E-state index contributed by atoms with van der Waals surface area (Å²) in [6, 6.07) is 7.25. The largest absolute Gasteiger partial charge is 0.312 e. The fourth-order valence-corrected chi connectivity index (χ4v) is 4.38. The molecule has 0 spiro atoms. The summed E-state index contributed by atoms with van der Waals surface area (Å²) in [5, 5.41) is 4.67. The maximum atomic E-state index is 4.91. The lowest BCUT2D eigenvalue weighted by molar-refractivity contribution is 0.489. The van der Waals surface area contributed by atoms with E-state index in [-0.39, 0.29) is 0 Å². The topological polar surface area (TPSA) is 24.9 Å². The smallest absolute Gasteiger partial charge is 0.0975 e. The number of hydrogen-bond acceptors (Lipinski definition) is 3. The van der Waals surface area contributed by atoms with Crippen LogP contribution < -0.4 is 5.32 Å². The van der Waals surface area contributed by atoms with Crippen LogP contribution in [0, 0.1) is 13.8 Å². The number of rotatable bonds is 3. The molecule has 2 aromatic rings. The average Bonchev–Trinajstić information content (AvgIpc) is 2.79. The molecule has 1 aliphatic rings. The molecule has 3 rings (SSSR count). The van der Waals surface area contributed by atoms with Gasteiger partial charge in [-0.3, -0.25) is 0 Å². The summed E-state index contributed by atoms with van der Waals surface area (Å²) in [7, 11) is 2.04. The second kappa shape index (κ2) is 5.66. The minimum atomic E-state index is 0.461. The van der Waals surface area contributed by atoms with Crippen molar-refractivity contribution in [3.05, 3.63) is 50.5 Å². The molecule has 1 aromatic heterocycles. The Hall–Kier alpha value is -1.19. The fourth-order valence-electron chi connectivity index (χ4n) is 3.17. The van der Waals surface area contributed by atoms with Crippen molar-refractivity contribution in [3.8, 4) is 0 Å². The average molecular weight is 286 g/mol. The van der Waals surface area contributed by atoms with E-state index in [1.165, 1.54) is 51.5 Å². The van der Waals surface area contributed by atoms with Gasteiger partial charge >= 0.3 is 0 Å². The van der Waals surface area contributed by atoms with Gasteiger partial charge in [-0.15, -0.1) is 11.3 Å². The summed E-state index contributed by atoms with van der Waals surface area (Å²) in [5.74, 6) is 0. The standard InChI is InChI=1S/C17H22N2S/c1-11-7-12(2)9-13(8-11)10-16-19-17-14(18-3)5-4-6-15(17)20-16/h7-9,14,18H,4-6,10H2,1-3H3. The molecule has 1 N–H and O–H groups in total. The molecular formula is C17H22N2S. The molecule has 1 aliphatic carbocycles. The van der Waals surface area contributed by atoms with Gasteiger partial charge in [0.2, 0.25) is 0 Å². The third-order valence-electron chi connectivity index (χ3n) is 3.98. The molecule has 1 aromatic carbocycles. The van der Waals surface area contributed by atoms with Crippen LogP contribution in [-0.2, 0) is 12.8 Å². The molecule has 0 fully saturated rings. The van der Waals surface area contributed by atoms with Gasteiger partial charge in [-0.05, 0) is 45.7 Å². The highest BCUT2D eigenvalue weighted by Gasteiger charge is 2.23. The Bertz CT molecular complexity index is 595. The molecule has 0 bridgehead atoms. The van der Waals surface area contributed by atoms with Crippen molar-refractivity contribution in [1.82, 2.24) is 10.3 Å². The first kappa shape index (κ1) is 13.8. The van der Waals surface area contributed by atoms with Crippen LogP contribution in [-0.4, -0.2) is 12.0 Å². The van der Waals surface area contributed by atoms with E-state index in [9.17, 15) is 0 Å². The van der Waals surface area contributed by atoms with Gasteiger partial charge in [0.05, 0.1) is 16.7 Å². The predicted octanol–water partition coefficient (Wildman–Crippen LogP) is 3.95. The van der Waals surface area contributed by atoms with E-state index in [0.29, 0.717) is 6.04 Å². The van der Waals surface area contributed by atoms with Crippen LogP contribution in [0.3, 0.4) is 0 Å². The Labute approximate surface area is 125 Å². The lowest BCUT2D eigenvalue weighted by Crippen LogP contribution is -2.21. The highest BCUT2D eigenvalue weighted by molar-refractivity contribution is 7.11.